The molecule has 3 amide bonds. The van der Waals surface area contributed by atoms with Crippen LogP contribution in [-0.2, 0) is 4.79 Å². The van der Waals surface area contributed by atoms with Gasteiger partial charge in [-0.05, 0) is 37.3 Å². The van der Waals surface area contributed by atoms with Crippen LogP contribution in [0.3, 0.4) is 0 Å². The minimum Gasteiger partial charge on any atom is -0.497 e. The topological polar surface area (TPSA) is 88.6 Å². The molecule has 2 heterocycles. The molecule has 27 heavy (non-hydrogen) atoms. The number of hydrogen-bond donors (Lipinski definition) is 1. The van der Waals surface area contributed by atoms with E-state index in [1.54, 1.807) is 43.5 Å². The zero-order chi connectivity index (χ0) is 19.1. The van der Waals surface area contributed by atoms with Crippen molar-refractivity contribution in [2.24, 2.45) is 0 Å². The van der Waals surface area contributed by atoms with E-state index in [-0.39, 0.29) is 0 Å². The van der Waals surface area contributed by atoms with Gasteiger partial charge in [0.05, 0.1) is 28.5 Å². The summed E-state index contributed by atoms with van der Waals surface area (Å²) in [6, 6.07) is 11.0. The van der Waals surface area contributed by atoms with Crippen LogP contribution in [0.4, 0.5) is 5.13 Å². The van der Waals surface area contributed by atoms with Gasteiger partial charge in [0.2, 0.25) is 5.91 Å². The maximum absolute atomic E-state index is 12.6. The molecular formula is C19H15N3O4S. The number of rotatable bonds is 4. The maximum Gasteiger partial charge on any atom is 0.262 e. The van der Waals surface area contributed by atoms with Crippen molar-refractivity contribution < 1.29 is 19.1 Å². The fraction of sp³-hybridized carbons (Fsp3) is 0.158. The highest BCUT2D eigenvalue weighted by Crippen LogP contribution is 2.30. The Kier molecular flexibility index (Phi) is 4.12. The molecule has 3 aromatic rings. The lowest BCUT2D eigenvalue weighted by Crippen LogP contribution is -2.45. The molecule has 1 aliphatic rings. The largest absolute Gasteiger partial charge is 0.497 e. The lowest BCUT2D eigenvalue weighted by molar-refractivity contribution is -0.119. The first-order valence-corrected chi connectivity index (χ1v) is 9.03. The summed E-state index contributed by atoms with van der Waals surface area (Å²) in [5.74, 6) is -0.710. The molecule has 0 saturated heterocycles. The van der Waals surface area contributed by atoms with Gasteiger partial charge in [-0.15, -0.1) is 0 Å². The second-order valence-electron chi connectivity index (χ2n) is 6.04. The third-order valence-corrected chi connectivity index (χ3v) is 5.35. The molecule has 0 aliphatic carbocycles. The number of anilines is 1. The summed E-state index contributed by atoms with van der Waals surface area (Å²) in [5, 5.41) is 3.09. The molecule has 0 saturated carbocycles. The fourth-order valence-electron chi connectivity index (χ4n) is 2.97. The van der Waals surface area contributed by atoms with E-state index in [1.165, 1.54) is 18.3 Å². The number of aromatic nitrogens is 1. The molecule has 136 valence electrons. The van der Waals surface area contributed by atoms with E-state index in [9.17, 15) is 14.4 Å². The summed E-state index contributed by atoms with van der Waals surface area (Å²) in [7, 11) is 1.58. The SMILES string of the molecule is COc1ccc2nc(NC(=O)[C@H](C)N3C(=O)c4ccccc4C3=O)sc2c1. The maximum atomic E-state index is 12.6. The van der Waals surface area contributed by atoms with Crippen LogP contribution < -0.4 is 10.1 Å². The Hall–Kier alpha value is -3.26. The summed E-state index contributed by atoms with van der Waals surface area (Å²) >= 11 is 1.29. The molecule has 1 aliphatic heterocycles. The molecule has 8 heteroatoms. The van der Waals surface area contributed by atoms with Gasteiger partial charge in [0.15, 0.2) is 5.13 Å². The van der Waals surface area contributed by atoms with E-state index in [0.29, 0.717) is 22.0 Å². The van der Waals surface area contributed by atoms with Crippen molar-refractivity contribution in [3.8, 4) is 5.75 Å². The van der Waals surface area contributed by atoms with E-state index in [1.807, 2.05) is 6.07 Å². The van der Waals surface area contributed by atoms with E-state index in [2.05, 4.69) is 10.3 Å². The summed E-state index contributed by atoms with van der Waals surface area (Å²) < 4.78 is 6.04. The number of carbonyl (C=O) groups is 3. The van der Waals surface area contributed by atoms with Crippen molar-refractivity contribution in [3.63, 3.8) is 0 Å². The van der Waals surface area contributed by atoms with Crippen LogP contribution in [0.5, 0.6) is 5.75 Å². The Morgan fingerprint density at radius 1 is 1.15 bits per heavy atom. The minimum absolute atomic E-state index is 0.314. The number of carbonyl (C=O) groups excluding carboxylic acids is 3. The van der Waals surface area contributed by atoms with Crippen LogP contribution in [0.25, 0.3) is 10.2 Å². The molecule has 0 fully saturated rings. The van der Waals surface area contributed by atoms with Crippen molar-refractivity contribution in [1.29, 1.82) is 0 Å². The van der Waals surface area contributed by atoms with Crippen LogP contribution in [0.2, 0.25) is 0 Å². The summed E-state index contributed by atoms with van der Waals surface area (Å²) in [5.41, 5.74) is 1.35. The first-order valence-electron chi connectivity index (χ1n) is 8.22. The highest BCUT2D eigenvalue weighted by molar-refractivity contribution is 7.22. The first-order chi connectivity index (χ1) is 13.0. The predicted octanol–water partition coefficient (Wildman–Crippen LogP) is 2.93. The van der Waals surface area contributed by atoms with Gasteiger partial charge in [0.25, 0.3) is 11.8 Å². The van der Waals surface area contributed by atoms with E-state index < -0.39 is 23.8 Å². The van der Waals surface area contributed by atoms with E-state index >= 15 is 0 Å². The van der Waals surface area contributed by atoms with Crippen LogP contribution >= 0.6 is 11.3 Å². The first kappa shape index (κ1) is 17.2. The van der Waals surface area contributed by atoms with Gasteiger partial charge in [-0.2, -0.15) is 0 Å². The number of hydrogen-bond acceptors (Lipinski definition) is 6. The summed E-state index contributed by atoms with van der Waals surface area (Å²) in [4.78, 5) is 43.0. The number of thiazole rings is 1. The van der Waals surface area contributed by atoms with Crippen LogP contribution in [-0.4, -0.2) is 40.8 Å². The van der Waals surface area contributed by atoms with Crippen LogP contribution in [0.15, 0.2) is 42.5 Å². The van der Waals surface area contributed by atoms with Gasteiger partial charge in [-0.3, -0.25) is 19.3 Å². The van der Waals surface area contributed by atoms with Gasteiger partial charge in [0.1, 0.15) is 11.8 Å². The second-order valence-corrected chi connectivity index (χ2v) is 7.07. The Balaban J connectivity index is 1.55. The molecule has 0 unspecified atom stereocenters. The van der Waals surface area contributed by atoms with E-state index in [4.69, 9.17) is 4.74 Å². The van der Waals surface area contributed by atoms with Gasteiger partial charge in [0, 0.05) is 0 Å². The number of benzene rings is 2. The molecule has 0 bridgehead atoms. The zero-order valence-electron chi connectivity index (χ0n) is 14.6. The summed E-state index contributed by atoms with van der Waals surface area (Å²) in [6.45, 7) is 1.52. The molecule has 1 atom stereocenters. The molecule has 0 spiro atoms. The lowest BCUT2D eigenvalue weighted by Gasteiger charge is -2.21. The Morgan fingerprint density at radius 3 is 2.44 bits per heavy atom. The molecule has 2 aromatic carbocycles. The van der Waals surface area contributed by atoms with Gasteiger partial charge < -0.3 is 10.1 Å². The quantitative estimate of drug-likeness (QED) is 0.702. The fourth-order valence-corrected chi connectivity index (χ4v) is 3.87. The van der Waals surface area contributed by atoms with Crippen molar-refractivity contribution >= 4 is 44.4 Å². The van der Waals surface area contributed by atoms with Crippen LogP contribution in [0.1, 0.15) is 27.6 Å². The number of nitrogens with zero attached hydrogens (tertiary/aromatic N) is 2. The van der Waals surface area contributed by atoms with Gasteiger partial charge in [-0.1, -0.05) is 23.5 Å². The standard InChI is InChI=1S/C19H15N3O4S/c1-10(22-17(24)12-5-3-4-6-13(12)18(22)25)16(23)21-19-20-14-8-7-11(26-2)9-15(14)27-19/h3-10H,1-2H3,(H,20,21,23)/t10-/m0/s1. The molecular weight excluding hydrogens is 366 g/mol. The van der Waals surface area contributed by atoms with Gasteiger partial charge >= 0.3 is 0 Å². The molecule has 1 aromatic heterocycles. The molecule has 0 radical (unpaired) electrons. The third-order valence-electron chi connectivity index (χ3n) is 4.42. The van der Waals surface area contributed by atoms with Gasteiger partial charge in [-0.25, -0.2) is 4.98 Å². The molecule has 7 nitrogen and oxygen atoms in total. The lowest BCUT2D eigenvalue weighted by atomic mass is 10.1. The van der Waals surface area contributed by atoms with Crippen molar-refractivity contribution in [3.05, 3.63) is 53.6 Å². The second kappa shape index (κ2) is 6.48. The average Bonchev–Trinajstić information content (AvgIpc) is 3.19. The number of ether oxygens (including phenoxy) is 1. The van der Waals surface area contributed by atoms with Crippen molar-refractivity contribution in [2.45, 2.75) is 13.0 Å². The highest BCUT2D eigenvalue weighted by atomic mass is 32.1. The highest BCUT2D eigenvalue weighted by Gasteiger charge is 2.40. The molecule has 1 N–H and O–H groups in total. The minimum atomic E-state index is -0.959. The molecule has 4 rings (SSSR count). The average molecular weight is 381 g/mol. The number of nitrogens with one attached hydrogen (secondary N) is 1. The Labute approximate surface area is 158 Å². The normalized spacial score (nSPS) is 14.4. The van der Waals surface area contributed by atoms with Crippen molar-refractivity contribution in [2.75, 3.05) is 12.4 Å². The zero-order valence-corrected chi connectivity index (χ0v) is 15.4. The number of amides is 3. The predicted molar refractivity (Wildman–Crippen MR) is 101 cm³/mol. The Bertz CT molecular complexity index is 1060. The van der Waals surface area contributed by atoms with Crippen LogP contribution in [0, 0.1) is 0 Å². The van der Waals surface area contributed by atoms with E-state index in [0.717, 1.165) is 15.1 Å². The number of methoxy groups -OCH3 is 1. The monoisotopic (exact) mass is 381 g/mol. The van der Waals surface area contributed by atoms with Crippen molar-refractivity contribution in [1.82, 2.24) is 9.88 Å². The summed E-state index contributed by atoms with van der Waals surface area (Å²) in [6.07, 6.45) is 0. The number of fused-ring (bicyclic) bond motifs is 2. The number of imide groups is 1. The smallest absolute Gasteiger partial charge is 0.262 e. The Morgan fingerprint density at radius 2 is 1.81 bits per heavy atom. The third kappa shape index (κ3) is 2.83.